The number of carbonyl (C=O) groups is 2. The second-order valence-electron chi connectivity index (χ2n) is 4.77. The molecule has 0 spiro atoms. The van der Waals surface area contributed by atoms with Gasteiger partial charge in [0.15, 0.2) is 0 Å². The Kier molecular flexibility index (Phi) is 4.99. The third kappa shape index (κ3) is 3.73. The average Bonchev–Trinajstić information content (AvgIpc) is 2.97. The van der Waals surface area contributed by atoms with Crippen LogP contribution in [0, 0.1) is 5.92 Å². The summed E-state index contributed by atoms with van der Waals surface area (Å²) in [6.45, 7) is 2.09. The number of hydrogen-bond donors (Lipinski definition) is 2. The SMILES string of the molecule is NCCNC(=O)C1CCCN(C(=O)Cn2cnnn2)C1. The highest BCUT2D eigenvalue weighted by atomic mass is 16.2. The van der Waals surface area contributed by atoms with Crippen molar-refractivity contribution in [2.75, 3.05) is 26.2 Å². The van der Waals surface area contributed by atoms with Crippen LogP contribution in [0.4, 0.5) is 0 Å². The molecule has 1 aromatic rings. The van der Waals surface area contributed by atoms with Crippen molar-refractivity contribution in [2.24, 2.45) is 11.7 Å². The Balaban J connectivity index is 1.86. The number of nitrogens with two attached hydrogens (primary N) is 1. The fourth-order valence-corrected chi connectivity index (χ4v) is 2.25. The Labute approximate surface area is 116 Å². The number of aromatic nitrogens is 4. The van der Waals surface area contributed by atoms with Gasteiger partial charge >= 0.3 is 0 Å². The van der Waals surface area contributed by atoms with Crippen LogP contribution in [0.2, 0.25) is 0 Å². The summed E-state index contributed by atoms with van der Waals surface area (Å²) in [5.41, 5.74) is 5.36. The first-order valence-corrected chi connectivity index (χ1v) is 6.67. The van der Waals surface area contributed by atoms with E-state index in [0.717, 1.165) is 12.8 Å². The van der Waals surface area contributed by atoms with Gasteiger partial charge in [-0.15, -0.1) is 5.10 Å². The maximum atomic E-state index is 12.1. The summed E-state index contributed by atoms with van der Waals surface area (Å²) in [6.07, 6.45) is 3.01. The molecule has 2 rings (SSSR count). The fourth-order valence-electron chi connectivity index (χ4n) is 2.25. The van der Waals surface area contributed by atoms with Crippen molar-refractivity contribution in [3.8, 4) is 0 Å². The van der Waals surface area contributed by atoms with Gasteiger partial charge in [0.2, 0.25) is 11.8 Å². The van der Waals surface area contributed by atoms with Crippen LogP contribution < -0.4 is 11.1 Å². The highest BCUT2D eigenvalue weighted by molar-refractivity contribution is 5.81. The molecule has 1 atom stereocenters. The van der Waals surface area contributed by atoms with E-state index < -0.39 is 0 Å². The number of hydrogen-bond acceptors (Lipinski definition) is 6. The van der Waals surface area contributed by atoms with Crippen molar-refractivity contribution < 1.29 is 9.59 Å². The van der Waals surface area contributed by atoms with Crippen LogP contribution in [0.5, 0.6) is 0 Å². The van der Waals surface area contributed by atoms with Crippen LogP contribution in [0.3, 0.4) is 0 Å². The van der Waals surface area contributed by atoms with Crippen molar-refractivity contribution in [3.63, 3.8) is 0 Å². The van der Waals surface area contributed by atoms with Crippen molar-refractivity contribution in [2.45, 2.75) is 19.4 Å². The molecule has 9 heteroatoms. The second kappa shape index (κ2) is 6.94. The first-order chi connectivity index (χ1) is 9.70. The summed E-state index contributed by atoms with van der Waals surface area (Å²) in [4.78, 5) is 25.7. The van der Waals surface area contributed by atoms with Crippen molar-refractivity contribution >= 4 is 11.8 Å². The topological polar surface area (TPSA) is 119 Å². The van der Waals surface area contributed by atoms with Crippen LogP contribution >= 0.6 is 0 Å². The van der Waals surface area contributed by atoms with Crippen LogP contribution in [-0.2, 0) is 16.1 Å². The van der Waals surface area contributed by atoms with E-state index in [-0.39, 0.29) is 24.3 Å². The van der Waals surface area contributed by atoms with Gasteiger partial charge in [-0.3, -0.25) is 9.59 Å². The predicted octanol–water partition coefficient (Wildman–Crippen LogP) is -2.01. The third-order valence-corrected chi connectivity index (χ3v) is 3.28. The Morgan fingerprint density at radius 1 is 1.45 bits per heavy atom. The van der Waals surface area contributed by atoms with Crippen LogP contribution in [0.25, 0.3) is 0 Å². The molecule has 2 amide bonds. The van der Waals surface area contributed by atoms with Gasteiger partial charge < -0.3 is 16.0 Å². The van der Waals surface area contributed by atoms with Crippen LogP contribution in [-0.4, -0.2) is 63.1 Å². The first kappa shape index (κ1) is 14.4. The lowest BCUT2D eigenvalue weighted by atomic mass is 9.97. The zero-order valence-electron chi connectivity index (χ0n) is 11.2. The Morgan fingerprint density at radius 3 is 3.00 bits per heavy atom. The largest absolute Gasteiger partial charge is 0.355 e. The molecular formula is C11H19N7O2. The lowest BCUT2D eigenvalue weighted by Crippen LogP contribution is -2.47. The van der Waals surface area contributed by atoms with E-state index in [9.17, 15) is 9.59 Å². The number of amides is 2. The van der Waals surface area contributed by atoms with E-state index >= 15 is 0 Å². The first-order valence-electron chi connectivity index (χ1n) is 6.67. The molecule has 9 nitrogen and oxygen atoms in total. The van der Waals surface area contributed by atoms with Crippen molar-refractivity contribution in [1.82, 2.24) is 30.4 Å². The molecule has 1 aromatic heterocycles. The van der Waals surface area contributed by atoms with Crippen LogP contribution in [0.1, 0.15) is 12.8 Å². The molecule has 1 saturated heterocycles. The molecule has 110 valence electrons. The number of rotatable bonds is 5. The number of tetrazole rings is 1. The molecule has 0 bridgehead atoms. The average molecular weight is 281 g/mol. The number of nitrogens with one attached hydrogen (secondary N) is 1. The summed E-state index contributed by atoms with van der Waals surface area (Å²) < 4.78 is 1.38. The summed E-state index contributed by atoms with van der Waals surface area (Å²) in [5, 5.41) is 13.4. The smallest absolute Gasteiger partial charge is 0.244 e. The zero-order valence-corrected chi connectivity index (χ0v) is 11.2. The van der Waals surface area contributed by atoms with Gasteiger partial charge in [-0.2, -0.15) is 0 Å². The summed E-state index contributed by atoms with van der Waals surface area (Å²) in [6, 6.07) is 0. The van der Waals surface area contributed by atoms with E-state index in [2.05, 4.69) is 20.8 Å². The molecule has 1 aliphatic heterocycles. The van der Waals surface area contributed by atoms with E-state index in [1.165, 1.54) is 11.0 Å². The fraction of sp³-hybridized carbons (Fsp3) is 0.727. The molecular weight excluding hydrogens is 262 g/mol. The molecule has 1 aliphatic rings. The van der Waals surface area contributed by atoms with Gasteiger partial charge in [0.1, 0.15) is 12.9 Å². The Morgan fingerprint density at radius 2 is 2.30 bits per heavy atom. The highest BCUT2D eigenvalue weighted by Gasteiger charge is 2.28. The number of piperidine rings is 1. The normalized spacial score (nSPS) is 18.9. The lowest BCUT2D eigenvalue weighted by molar-refractivity contribution is -0.136. The van der Waals surface area contributed by atoms with Gasteiger partial charge in [-0.05, 0) is 23.3 Å². The highest BCUT2D eigenvalue weighted by Crippen LogP contribution is 2.16. The molecule has 0 radical (unpaired) electrons. The number of nitrogens with zero attached hydrogens (tertiary/aromatic N) is 5. The molecule has 2 heterocycles. The van der Waals surface area contributed by atoms with Crippen molar-refractivity contribution in [1.29, 1.82) is 0 Å². The molecule has 3 N–H and O–H groups in total. The maximum Gasteiger partial charge on any atom is 0.244 e. The van der Waals surface area contributed by atoms with Crippen molar-refractivity contribution in [3.05, 3.63) is 6.33 Å². The molecule has 0 aliphatic carbocycles. The monoisotopic (exact) mass is 281 g/mol. The minimum absolute atomic E-state index is 0.0321. The molecule has 0 saturated carbocycles. The number of likely N-dealkylation sites (tertiary alicyclic amines) is 1. The quantitative estimate of drug-likeness (QED) is 0.643. The van der Waals surface area contributed by atoms with E-state index in [1.54, 1.807) is 4.90 Å². The van der Waals surface area contributed by atoms with E-state index in [0.29, 0.717) is 26.2 Å². The van der Waals surface area contributed by atoms with Gasteiger partial charge in [0, 0.05) is 26.2 Å². The van der Waals surface area contributed by atoms with E-state index in [4.69, 9.17) is 5.73 Å². The Bertz CT molecular complexity index is 448. The summed E-state index contributed by atoms with van der Waals surface area (Å²) >= 11 is 0. The van der Waals surface area contributed by atoms with Gasteiger partial charge in [0.25, 0.3) is 0 Å². The predicted molar refractivity (Wildman–Crippen MR) is 69.2 cm³/mol. The van der Waals surface area contributed by atoms with Gasteiger partial charge in [0.05, 0.1) is 5.92 Å². The summed E-state index contributed by atoms with van der Waals surface area (Å²) in [5.74, 6) is -0.267. The standard InChI is InChI=1S/C11H19N7O2/c12-3-4-13-11(20)9-2-1-5-17(6-9)10(19)7-18-8-14-15-16-18/h8-9H,1-7,12H2,(H,13,20). The lowest BCUT2D eigenvalue weighted by Gasteiger charge is -2.32. The van der Waals surface area contributed by atoms with Gasteiger partial charge in [-0.25, -0.2) is 4.68 Å². The summed E-state index contributed by atoms with van der Waals surface area (Å²) in [7, 11) is 0. The van der Waals surface area contributed by atoms with Gasteiger partial charge in [-0.1, -0.05) is 0 Å². The third-order valence-electron chi connectivity index (χ3n) is 3.28. The minimum atomic E-state index is -0.159. The van der Waals surface area contributed by atoms with Crippen LogP contribution in [0.15, 0.2) is 6.33 Å². The molecule has 20 heavy (non-hydrogen) atoms. The molecule has 1 fully saturated rings. The Hall–Kier alpha value is -2.03. The number of carbonyl (C=O) groups excluding carboxylic acids is 2. The molecule has 1 unspecified atom stereocenters. The maximum absolute atomic E-state index is 12.1. The second-order valence-corrected chi connectivity index (χ2v) is 4.77. The molecule has 0 aromatic carbocycles. The minimum Gasteiger partial charge on any atom is -0.355 e. The zero-order chi connectivity index (χ0) is 14.4. The van der Waals surface area contributed by atoms with E-state index in [1.807, 2.05) is 0 Å².